The van der Waals surface area contributed by atoms with Gasteiger partial charge in [-0.2, -0.15) is 0 Å². The Morgan fingerprint density at radius 1 is 0.857 bits per heavy atom. The lowest BCUT2D eigenvalue weighted by Gasteiger charge is -2.37. The minimum Gasteiger partial charge on any atom is -0.350 e. The van der Waals surface area contributed by atoms with Crippen molar-refractivity contribution in [3.63, 3.8) is 0 Å². The van der Waals surface area contributed by atoms with Crippen LogP contribution in [0.4, 0.5) is 5.69 Å². The molecule has 0 spiro atoms. The number of amides is 4. The van der Waals surface area contributed by atoms with E-state index in [-0.39, 0.29) is 42.3 Å². The topological polar surface area (TPSA) is 105 Å². The lowest BCUT2D eigenvalue weighted by atomic mass is 10.0. The minimum absolute atomic E-state index is 0.00207. The molecule has 49 heavy (non-hydrogen) atoms. The lowest BCUT2D eigenvalue weighted by Crippen LogP contribution is -2.54. The number of likely N-dealkylation sites (N-methyl/N-ethyl adjacent to an activating group) is 1. The Bertz CT molecular complexity index is 1340. The second kappa shape index (κ2) is 20.2. The van der Waals surface area contributed by atoms with Crippen LogP contribution in [-0.4, -0.2) is 115 Å². The lowest BCUT2D eigenvalue weighted by molar-refractivity contribution is -0.141. The van der Waals surface area contributed by atoms with Gasteiger partial charge in [-0.1, -0.05) is 71.4 Å². The fourth-order valence-corrected chi connectivity index (χ4v) is 6.82. The smallest absolute Gasteiger partial charge is 0.247 e. The number of nitrogens with zero attached hydrogens (tertiary/aromatic N) is 4. The predicted molar refractivity (Wildman–Crippen MR) is 199 cm³/mol. The van der Waals surface area contributed by atoms with E-state index < -0.39 is 6.04 Å². The molecule has 0 aliphatic carbocycles. The standard InChI is InChI=1S/C29H39N5O4.C6H13N.C4H10/c1-20(2)26(32(3)27(36)17-30-19-35)18-33-14-6-11-25(33)29(38)34-15-7-10-24(34)28(37)31-23-13-12-21-8-4-5-9-22(21)16-23;1-7-5-3-2-4-6-7;1-4(2)3/h4-5,8-9,12-13,16,19-20,24-26H,6-7,10-11,14-15,17-18H2,1-3H3,(H,30,35)(H,31,37);2-6H2,1H3;4H,1-3H3/t24?,25-,26+;;/m0../s1. The van der Waals surface area contributed by atoms with Crippen LogP contribution < -0.4 is 10.6 Å². The van der Waals surface area contributed by atoms with Crippen LogP contribution in [0.3, 0.4) is 0 Å². The third kappa shape index (κ3) is 12.4. The Kier molecular flexibility index (Phi) is 16.5. The second-order valence-corrected chi connectivity index (χ2v) is 14.8. The average molecular weight is 679 g/mol. The van der Waals surface area contributed by atoms with Crippen molar-refractivity contribution in [2.45, 2.75) is 97.7 Å². The number of fused-ring (bicyclic) bond motifs is 1. The molecule has 2 aromatic rings. The highest BCUT2D eigenvalue weighted by Gasteiger charge is 2.41. The molecule has 0 bridgehead atoms. The van der Waals surface area contributed by atoms with E-state index in [0.717, 1.165) is 48.2 Å². The number of carbonyl (C=O) groups is 4. The third-order valence-electron chi connectivity index (χ3n) is 9.50. The first-order valence-electron chi connectivity index (χ1n) is 18.4. The SMILES string of the molecule is CC(C)C.CC(C)[C@@H](CN1CCC[C@H]1C(=O)N1CCCC1C(=O)Nc1ccc2ccccc2c1)N(C)C(=O)CNC=O.CN1CCCCC1. The maximum atomic E-state index is 13.8. The van der Waals surface area contributed by atoms with E-state index >= 15 is 0 Å². The highest BCUT2D eigenvalue weighted by Crippen LogP contribution is 2.27. The number of benzene rings is 2. The van der Waals surface area contributed by atoms with Crippen LogP contribution >= 0.6 is 0 Å². The summed E-state index contributed by atoms with van der Waals surface area (Å²) in [6, 6.07) is 13.0. The normalized spacial score (nSPS) is 20.2. The van der Waals surface area contributed by atoms with Gasteiger partial charge in [-0.25, -0.2) is 0 Å². The molecule has 0 saturated carbocycles. The maximum Gasteiger partial charge on any atom is 0.247 e. The zero-order chi connectivity index (χ0) is 35.9. The van der Waals surface area contributed by atoms with Gasteiger partial charge in [-0.15, -0.1) is 0 Å². The first-order valence-corrected chi connectivity index (χ1v) is 18.4. The van der Waals surface area contributed by atoms with E-state index in [1.165, 1.54) is 32.4 Å². The number of anilines is 1. The van der Waals surface area contributed by atoms with Crippen LogP contribution in [0.2, 0.25) is 0 Å². The summed E-state index contributed by atoms with van der Waals surface area (Å²) in [5.41, 5.74) is 0.729. The van der Waals surface area contributed by atoms with E-state index in [1.807, 2.05) is 42.5 Å². The molecule has 10 nitrogen and oxygen atoms in total. The molecule has 3 aliphatic heterocycles. The van der Waals surface area contributed by atoms with E-state index in [0.29, 0.717) is 25.9 Å². The van der Waals surface area contributed by atoms with Gasteiger partial charge >= 0.3 is 0 Å². The Labute approximate surface area is 294 Å². The van der Waals surface area contributed by atoms with Crippen molar-refractivity contribution in [1.29, 1.82) is 0 Å². The molecule has 2 aromatic carbocycles. The van der Waals surface area contributed by atoms with Crippen LogP contribution in [0.15, 0.2) is 42.5 Å². The summed E-state index contributed by atoms with van der Waals surface area (Å²) in [6.45, 7) is 15.1. The first-order chi connectivity index (χ1) is 23.4. The van der Waals surface area contributed by atoms with E-state index in [1.54, 1.807) is 16.8 Å². The van der Waals surface area contributed by atoms with E-state index in [4.69, 9.17) is 0 Å². The van der Waals surface area contributed by atoms with Gasteiger partial charge in [0.1, 0.15) is 6.04 Å². The third-order valence-corrected chi connectivity index (χ3v) is 9.50. The Hall–Kier alpha value is -3.50. The van der Waals surface area contributed by atoms with Crippen molar-refractivity contribution in [3.05, 3.63) is 42.5 Å². The molecule has 1 unspecified atom stereocenters. The van der Waals surface area contributed by atoms with Crippen molar-refractivity contribution in [1.82, 2.24) is 24.9 Å². The Balaban J connectivity index is 0.000000505. The number of nitrogens with one attached hydrogen (secondary N) is 2. The molecule has 272 valence electrons. The van der Waals surface area contributed by atoms with E-state index in [2.05, 4.69) is 62.1 Å². The predicted octanol–water partition coefficient (Wildman–Crippen LogP) is 5.23. The van der Waals surface area contributed by atoms with Crippen LogP contribution in [0.1, 0.15) is 79.6 Å². The minimum atomic E-state index is -0.490. The highest BCUT2D eigenvalue weighted by molar-refractivity contribution is 5.99. The molecule has 5 rings (SSSR count). The molecule has 10 heteroatoms. The molecule has 3 heterocycles. The van der Waals surface area contributed by atoms with Crippen molar-refractivity contribution in [2.75, 3.05) is 58.7 Å². The largest absolute Gasteiger partial charge is 0.350 e. The number of hydrogen-bond donors (Lipinski definition) is 2. The van der Waals surface area contributed by atoms with Crippen molar-refractivity contribution in [3.8, 4) is 0 Å². The number of hydrogen-bond acceptors (Lipinski definition) is 6. The number of rotatable bonds is 10. The maximum absolute atomic E-state index is 13.8. The van der Waals surface area contributed by atoms with Gasteiger partial charge in [0.05, 0.1) is 12.6 Å². The zero-order valence-corrected chi connectivity index (χ0v) is 31.1. The van der Waals surface area contributed by atoms with Crippen LogP contribution in [0, 0.1) is 11.8 Å². The van der Waals surface area contributed by atoms with Gasteiger partial charge in [0, 0.05) is 31.9 Å². The summed E-state index contributed by atoms with van der Waals surface area (Å²) < 4.78 is 0. The molecule has 3 atom stereocenters. The molecular weight excluding hydrogens is 616 g/mol. The van der Waals surface area contributed by atoms with Gasteiger partial charge in [0.2, 0.25) is 24.1 Å². The summed E-state index contributed by atoms with van der Waals surface area (Å²) in [7, 11) is 3.94. The monoisotopic (exact) mass is 678 g/mol. The van der Waals surface area contributed by atoms with Gasteiger partial charge in [0.25, 0.3) is 0 Å². The quantitative estimate of drug-likeness (QED) is 0.334. The molecule has 3 saturated heterocycles. The van der Waals surface area contributed by atoms with Gasteiger partial charge in [-0.05, 0) is 99.9 Å². The number of piperidine rings is 1. The second-order valence-electron chi connectivity index (χ2n) is 14.8. The molecule has 4 amide bonds. The molecule has 3 aliphatic rings. The van der Waals surface area contributed by atoms with Crippen molar-refractivity contribution in [2.24, 2.45) is 11.8 Å². The average Bonchev–Trinajstić information content (AvgIpc) is 3.76. The van der Waals surface area contributed by atoms with Gasteiger partial charge in [0.15, 0.2) is 0 Å². The Morgan fingerprint density at radius 2 is 1.49 bits per heavy atom. The van der Waals surface area contributed by atoms with Gasteiger partial charge in [-0.3, -0.25) is 24.1 Å². The molecule has 3 fully saturated rings. The number of likely N-dealkylation sites (tertiary alicyclic amines) is 3. The van der Waals surface area contributed by atoms with Crippen LogP contribution in [0.5, 0.6) is 0 Å². The Morgan fingerprint density at radius 3 is 2.10 bits per heavy atom. The highest BCUT2D eigenvalue weighted by atomic mass is 16.2. The molecule has 0 radical (unpaired) electrons. The van der Waals surface area contributed by atoms with Crippen molar-refractivity contribution < 1.29 is 19.2 Å². The first kappa shape index (κ1) is 39.9. The number of carbonyl (C=O) groups excluding carboxylic acids is 4. The molecule has 0 aromatic heterocycles. The summed E-state index contributed by atoms with van der Waals surface area (Å²) in [4.78, 5) is 58.2. The van der Waals surface area contributed by atoms with Crippen molar-refractivity contribution >= 4 is 40.6 Å². The van der Waals surface area contributed by atoms with E-state index in [9.17, 15) is 19.2 Å². The summed E-state index contributed by atoms with van der Waals surface area (Å²) in [5.74, 6) is 0.688. The fourth-order valence-electron chi connectivity index (χ4n) is 6.82. The summed E-state index contributed by atoms with van der Waals surface area (Å²) in [6.07, 6.45) is 7.87. The zero-order valence-electron chi connectivity index (χ0n) is 31.1. The summed E-state index contributed by atoms with van der Waals surface area (Å²) in [5, 5.41) is 7.63. The fraction of sp³-hybridized carbons (Fsp3) is 0.641. The molecular formula is C39H62N6O4. The molecule has 2 N–H and O–H groups in total. The van der Waals surface area contributed by atoms with Crippen LogP contribution in [0.25, 0.3) is 10.8 Å². The summed E-state index contributed by atoms with van der Waals surface area (Å²) >= 11 is 0. The van der Waals surface area contributed by atoms with Gasteiger partial charge < -0.3 is 25.3 Å². The van der Waals surface area contributed by atoms with Crippen LogP contribution in [-0.2, 0) is 19.2 Å².